The van der Waals surface area contributed by atoms with Crippen LogP contribution in [0.3, 0.4) is 0 Å². The third kappa shape index (κ3) is 3.75. The summed E-state index contributed by atoms with van der Waals surface area (Å²) in [6.07, 6.45) is 2.41. The molecule has 2 N–H and O–H groups in total. The van der Waals surface area contributed by atoms with Crippen LogP contribution in [-0.2, 0) is 0 Å². The summed E-state index contributed by atoms with van der Waals surface area (Å²) in [6, 6.07) is 9.51. The molecule has 5 heteroatoms. The molecular formula is C17H25BrN4. The number of anilines is 1. The Labute approximate surface area is 141 Å². The summed E-state index contributed by atoms with van der Waals surface area (Å²) >= 11 is 3.65. The fraction of sp³-hybridized carbons (Fsp3) is 0.588. The van der Waals surface area contributed by atoms with E-state index in [0.29, 0.717) is 12.1 Å². The minimum Gasteiger partial charge on any atom is -0.368 e. The lowest BCUT2D eigenvalue weighted by Crippen LogP contribution is -2.45. The Kier molecular flexibility index (Phi) is 4.91. The van der Waals surface area contributed by atoms with Crippen molar-refractivity contribution in [2.45, 2.75) is 38.8 Å². The van der Waals surface area contributed by atoms with E-state index in [9.17, 15) is 0 Å². The first-order valence-corrected chi connectivity index (χ1v) is 9.03. The number of guanidine groups is 1. The van der Waals surface area contributed by atoms with Crippen molar-refractivity contribution in [1.29, 1.82) is 0 Å². The third-order valence-electron chi connectivity index (χ3n) is 4.47. The monoisotopic (exact) mass is 364 g/mol. The number of hydrogen-bond acceptors (Lipinski definition) is 2. The fourth-order valence-electron chi connectivity index (χ4n) is 2.99. The van der Waals surface area contributed by atoms with Gasteiger partial charge in [0, 0.05) is 36.2 Å². The molecule has 0 bridgehead atoms. The van der Waals surface area contributed by atoms with Crippen molar-refractivity contribution in [2.75, 3.05) is 24.5 Å². The van der Waals surface area contributed by atoms with Gasteiger partial charge in [0.1, 0.15) is 0 Å². The van der Waals surface area contributed by atoms with E-state index in [4.69, 9.17) is 0 Å². The molecule has 120 valence electrons. The Balaban J connectivity index is 1.57. The van der Waals surface area contributed by atoms with Gasteiger partial charge in [-0.05, 0) is 53.7 Å². The van der Waals surface area contributed by atoms with Gasteiger partial charge in [-0.15, -0.1) is 0 Å². The summed E-state index contributed by atoms with van der Waals surface area (Å²) in [7, 11) is 0. The normalized spacial score (nSPS) is 27.9. The SMILES string of the molecule is CCN=C(NC1CCN(c2ccccc2Br)C1)NC1CC1C. The van der Waals surface area contributed by atoms with Gasteiger partial charge in [0.05, 0.1) is 5.69 Å². The van der Waals surface area contributed by atoms with Crippen LogP contribution in [0.15, 0.2) is 33.7 Å². The number of benzene rings is 1. The van der Waals surface area contributed by atoms with E-state index in [0.717, 1.165) is 37.9 Å². The van der Waals surface area contributed by atoms with Crippen LogP contribution in [0, 0.1) is 5.92 Å². The lowest BCUT2D eigenvalue weighted by Gasteiger charge is -2.21. The first-order chi connectivity index (χ1) is 10.7. The van der Waals surface area contributed by atoms with Crippen LogP contribution in [0.1, 0.15) is 26.7 Å². The van der Waals surface area contributed by atoms with Gasteiger partial charge < -0.3 is 15.5 Å². The molecule has 2 aliphatic rings. The van der Waals surface area contributed by atoms with E-state index in [1.54, 1.807) is 0 Å². The minimum atomic E-state index is 0.457. The van der Waals surface area contributed by atoms with Crippen molar-refractivity contribution in [1.82, 2.24) is 10.6 Å². The molecule has 4 nitrogen and oxygen atoms in total. The summed E-state index contributed by atoms with van der Waals surface area (Å²) in [6.45, 7) is 7.29. The predicted molar refractivity (Wildman–Crippen MR) is 96.6 cm³/mol. The lowest BCUT2D eigenvalue weighted by molar-refractivity contribution is 0.641. The van der Waals surface area contributed by atoms with Gasteiger partial charge in [-0.3, -0.25) is 4.99 Å². The van der Waals surface area contributed by atoms with E-state index in [1.165, 1.54) is 16.6 Å². The number of aliphatic imine (C=N–C) groups is 1. The molecule has 3 unspecified atom stereocenters. The number of hydrogen-bond donors (Lipinski definition) is 2. The molecule has 3 atom stereocenters. The molecule has 22 heavy (non-hydrogen) atoms. The van der Waals surface area contributed by atoms with Crippen LogP contribution in [0.5, 0.6) is 0 Å². The summed E-state index contributed by atoms with van der Waals surface area (Å²) in [5, 5.41) is 7.16. The van der Waals surface area contributed by atoms with Crippen molar-refractivity contribution < 1.29 is 0 Å². The largest absolute Gasteiger partial charge is 0.368 e. The number of para-hydroxylation sites is 1. The van der Waals surface area contributed by atoms with Crippen LogP contribution in [0.25, 0.3) is 0 Å². The maximum absolute atomic E-state index is 4.58. The van der Waals surface area contributed by atoms with E-state index in [1.807, 2.05) is 0 Å². The van der Waals surface area contributed by atoms with E-state index >= 15 is 0 Å². The highest BCUT2D eigenvalue weighted by Crippen LogP contribution is 2.30. The standard InChI is InChI=1S/C17H25BrN4/c1-3-19-17(21-15-10-12(15)2)20-13-8-9-22(11-13)16-7-5-4-6-14(16)18/h4-7,12-13,15H,3,8-11H2,1-2H3,(H2,19,20,21). The van der Waals surface area contributed by atoms with Crippen molar-refractivity contribution in [3.05, 3.63) is 28.7 Å². The summed E-state index contributed by atoms with van der Waals surface area (Å²) in [4.78, 5) is 7.02. The van der Waals surface area contributed by atoms with Gasteiger partial charge in [0.2, 0.25) is 0 Å². The molecule has 1 saturated carbocycles. The van der Waals surface area contributed by atoms with Gasteiger partial charge in [-0.1, -0.05) is 19.1 Å². The lowest BCUT2D eigenvalue weighted by atomic mass is 10.2. The zero-order valence-corrected chi connectivity index (χ0v) is 14.9. The maximum Gasteiger partial charge on any atom is 0.191 e. The molecule has 1 aliphatic heterocycles. The third-order valence-corrected chi connectivity index (χ3v) is 5.14. The quantitative estimate of drug-likeness (QED) is 0.637. The molecule has 1 heterocycles. The maximum atomic E-state index is 4.58. The first-order valence-electron chi connectivity index (χ1n) is 8.24. The number of rotatable bonds is 4. The van der Waals surface area contributed by atoms with Gasteiger partial charge in [0.25, 0.3) is 0 Å². The zero-order valence-electron chi connectivity index (χ0n) is 13.3. The van der Waals surface area contributed by atoms with Crippen LogP contribution in [0.2, 0.25) is 0 Å². The van der Waals surface area contributed by atoms with Crippen LogP contribution < -0.4 is 15.5 Å². The Bertz CT molecular complexity index is 545. The fourth-order valence-corrected chi connectivity index (χ4v) is 3.52. The average molecular weight is 365 g/mol. The van der Waals surface area contributed by atoms with Gasteiger partial charge in [-0.2, -0.15) is 0 Å². The van der Waals surface area contributed by atoms with Crippen LogP contribution >= 0.6 is 15.9 Å². The Morgan fingerprint density at radius 3 is 2.82 bits per heavy atom. The van der Waals surface area contributed by atoms with Crippen LogP contribution in [0.4, 0.5) is 5.69 Å². The molecule has 3 rings (SSSR count). The molecule has 1 saturated heterocycles. The van der Waals surface area contributed by atoms with Gasteiger partial charge in [-0.25, -0.2) is 0 Å². The number of nitrogens with zero attached hydrogens (tertiary/aromatic N) is 2. The Morgan fingerprint density at radius 2 is 2.14 bits per heavy atom. The summed E-state index contributed by atoms with van der Waals surface area (Å²) in [5.41, 5.74) is 1.28. The van der Waals surface area contributed by atoms with Crippen molar-refractivity contribution in [2.24, 2.45) is 10.9 Å². The molecule has 2 fully saturated rings. The predicted octanol–water partition coefficient (Wildman–Crippen LogP) is 2.99. The van der Waals surface area contributed by atoms with Crippen LogP contribution in [-0.4, -0.2) is 37.7 Å². The highest BCUT2D eigenvalue weighted by molar-refractivity contribution is 9.10. The molecule has 0 aromatic heterocycles. The van der Waals surface area contributed by atoms with Crippen molar-refractivity contribution >= 4 is 27.6 Å². The first kappa shape index (κ1) is 15.7. The molecule has 0 amide bonds. The second kappa shape index (κ2) is 6.90. The molecule has 0 spiro atoms. The van der Waals surface area contributed by atoms with Crippen molar-refractivity contribution in [3.63, 3.8) is 0 Å². The van der Waals surface area contributed by atoms with E-state index in [-0.39, 0.29) is 0 Å². The summed E-state index contributed by atoms with van der Waals surface area (Å²) < 4.78 is 1.17. The smallest absolute Gasteiger partial charge is 0.191 e. The van der Waals surface area contributed by atoms with Crippen molar-refractivity contribution in [3.8, 4) is 0 Å². The summed E-state index contributed by atoms with van der Waals surface area (Å²) in [5.74, 6) is 1.76. The highest BCUT2D eigenvalue weighted by atomic mass is 79.9. The Hall–Kier alpha value is -1.23. The minimum absolute atomic E-state index is 0.457. The Morgan fingerprint density at radius 1 is 1.36 bits per heavy atom. The highest BCUT2D eigenvalue weighted by Gasteiger charge is 2.34. The van der Waals surface area contributed by atoms with E-state index in [2.05, 4.69) is 74.6 Å². The molecule has 1 aromatic rings. The molecule has 1 aliphatic carbocycles. The van der Waals surface area contributed by atoms with E-state index < -0.39 is 0 Å². The van der Waals surface area contributed by atoms with Gasteiger partial charge >= 0.3 is 0 Å². The number of nitrogens with one attached hydrogen (secondary N) is 2. The molecule has 1 aromatic carbocycles. The topological polar surface area (TPSA) is 39.7 Å². The zero-order chi connectivity index (χ0) is 15.5. The number of halogens is 1. The second-order valence-corrected chi connectivity index (χ2v) is 7.17. The molecular weight excluding hydrogens is 340 g/mol. The van der Waals surface area contributed by atoms with Gasteiger partial charge in [0.15, 0.2) is 5.96 Å². The molecule has 0 radical (unpaired) electrons. The second-order valence-electron chi connectivity index (χ2n) is 6.31. The average Bonchev–Trinajstić information content (AvgIpc) is 2.99.